The number of hydrazine groups is 1. The first-order valence-electron chi connectivity index (χ1n) is 5.94. The predicted octanol–water partition coefficient (Wildman–Crippen LogP) is 2.58. The number of halogens is 2. The molecule has 2 heterocycles. The van der Waals surface area contributed by atoms with Gasteiger partial charge < -0.3 is 0 Å². The Bertz CT molecular complexity index is 386. The molecule has 0 radical (unpaired) electrons. The molecular weight excluding hydrogens is 241 g/mol. The van der Waals surface area contributed by atoms with E-state index in [9.17, 15) is 4.39 Å². The maximum atomic E-state index is 13.4. The fourth-order valence-corrected chi connectivity index (χ4v) is 2.42. The van der Waals surface area contributed by atoms with E-state index in [1.54, 1.807) is 6.20 Å². The highest BCUT2D eigenvalue weighted by atomic mass is 35.5. The Labute approximate surface area is 106 Å². The molecule has 1 aromatic heterocycles. The van der Waals surface area contributed by atoms with Gasteiger partial charge in [0.1, 0.15) is 0 Å². The van der Waals surface area contributed by atoms with Gasteiger partial charge in [-0.3, -0.25) is 5.43 Å². The van der Waals surface area contributed by atoms with Crippen LogP contribution in [0.25, 0.3) is 0 Å². The molecule has 3 nitrogen and oxygen atoms in total. The summed E-state index contributed by atoms with van der Waals surface area (Å²) in [6, 6.07) is 1.52. The standard InChI is InChI=1S/C12H17ClFN3/c1-15-17-5-2-3-9(4-6-17)10-7-11(14)12(13)16-8-10/h7-9,15H,2-6H2,1H3/t9-/m1/s1. The molecule has 5 heteroatoms. The van der Waals surface area contributed by atoms with Crippen molar-refractivity contribution >= 4 is 11.6 Å². The first-order chi connectivity index (χ1) is 8.20. The highest BCUT2D eigenvalue weighted by Crippen LogP contribution is 2.28. The molecule has 1 saturated heterocycles. The van der Waals surface area contributed by atoms with Gasteiger partial charge in [0.2, 0.25) is 0 Å². The van der Waals surface area contributed by atoms with Crippen molar-refractivity contribution in [3.63, 3.8) is 0 Å². The third-order valence-corrected chi connectivity index (χ3v) is 3.61. The molecule has 1 aliphatic heterocycles. The van der Waals surface area contributed by atoms with E-state index >= 15 is 0 Å². The van der Waals surface area contributed by atoms with Crippen LogP contribution in [0.4, 0.5) is 4.39 Å². The second-order valence-electron chi connectivity index (χ2n) is 4.38. The Morgan fingerprint density at radius 2 is 2.29 bits per heavy atom. The van der Waals surface area contributed by atoms with E-state index in [4.69, 9.17) is 11.6 Å². The van der Waals surface area contributed by atoms with Crippen LogP contribution in [-0.4, -0.2) is 30.1 Å². The van der Waals surface area contributed by atoms with E-state index in [0.29, 0.717) is 5.92 Å². The summed E-state index contributed by atoms with van der Waals surface area (Å²) >= 11 is 5.59. The molecule has 0 spiro atoms. The Kier molecular flexibility index (Phi) is 4.31. The first kappa shape index (κ1) is 12.7. The van der Waals surface area contributed by atoms with E-state index in [0.717, 1.165) is 37.9 Å². The lowest BCUT2D eigenvalue weighted by Crippen LogP contribution is -2.35. The molecule has 0 aliphatic carbocycles. The van der Waals surface area contributed by atoms with E-state index in [-0.39, 0.29) is 5.15 Å². The molecule has 0 unspecified atom stereocenters. The van der Waals surface area contributed by atoms with Gasteiger partial charge in [-0.1, -0.05) is 11.6 Å². The summed E-state index contributed by atoms with van der Waals surface area (Å²) in [6.45, 7) is 2.02. The van der Waals surface area contributed by atoms with Gasteiger partial charge in [-0.25, -0.2) is 14.4 Å². The Hall–Kier alpha value is -0.710. The third-order valence-electron chi connectivity index (χ3n) is 3.33. The number of pyridine rings is 1. The summed E-state index contributed by atoms with van der Waals surface area (Å²) in [5.41, 5.74) is 4.12. The summed E-state index contributed by atoms with van der Waals surface area (Å²) in [5.74, 6) is -0.0356. The zero-order valence-corrected chi connectivity index (χ0v) is 10.7. The smallest absolute Gasteiger partial charge is 0.164 e. The molecule has 0 aromatic carbocycles. The molecule has 1 aliphatic rings. The van der Waals surface area contributed by atoms with E-state index in [2.05, 4.69) is 15.4 Å². The Morgan fingerprint density at radius 1 is 1.47 bits per heavy atom. The van der Waals surface area contributed by atoms with Crippen molar-refractivity contribution < 1.29 is 4.39 Å². The van der Waals surface area contributed by atoms with Gasteiger partial charge in [-0.15, -0.1) is 0 Å². The van der Waals surface area contributed by atoms with Crippen molar-refractivity contribution in [2.75, 3.05) is 20.1 Å². The van der Waals surface area contributed by atoms with Gasteiger partial charge in [0.25, 0.3) is 0 Å². The normalized spacial score (nSPS) is 22.4. The van der Waals surface area contributed by atoms with Crippen LogP contribution in [0.5, 0.6) is 0 Å². The van der Waals surface area contributed by atoms with Crippen molar-refractivity contribution in [1.29, 1.82) is 0 Å². The van der Waals surface area contributed by atoms with E-state index in [1.165, 1.54) is 6.07 Å². The molecule has 94 valence electrons. The van der Waals surface area contributed by atoms with Gasteiger partial charge in [0.05, 0.1) is 0 Å². The quantitative estimate of drug-likeness (QED) is 0.826. The van der Waals surface area contributed by atoms with Crippen molar-refractivity contribution in [2.24, 2.45) is 0 Å². The van der Waals surface area contributed by atoms with Gasteiger partial charge in [-0.05, 0) is 43.9 Å². The van der Waals surface area contributed by atoms with Crippen LogP contribution >= 0.6 is 11.6 Å². The maximum Gasteiger partial charge on any atom is 0.164 e. The van der Waals surface area contributed by atoms with Gasteiger partial charge in [0, 0.05) is 19.3 Å². The van der Waals surface area contributed by atoms with Gasteiger partial charge in [-0.2, -0.15) is 0 Å². The third kappa shape index (κ3) is 3.15. The fraction of sp³-hybridized carbons (Fsp3) is 0.583. The van der Waals surface area contributed by atoms with Crippen LogP contribution in [-0.2, 0) is 0 Å². The highest BCUT2D eigenvalue weighted by molar-refractivity contribution is 6.29. The zero-order chi connectivity index (χ0) is 12.3. The second kappa shape index (κ2) is 5.76. The number of rotatable bonds is 2. The molecule has 1 aromatic rings. The lowest BCUT2D eigenvalue weighted by atomic mass is 9.93. The summed E-state index contributed by atoms with van der Waals surface area (Å²) in [4.78, 5) is 3.88. The minimum atomic E-state index is -0.418. The zero-order valence-electron chi connectivity index (χ0n) is 9.92. The monoisotopic (exact) mass is 257 g/mol. The molecule has 17 heavy (non-hydrogen) atoms. The summed E-state index contributed by atoms with van der Waals surface area (Å²) in [7, 11) is 1.93. The molecule has 2 rings (SSSR count). The Morgan fingerprint density at radius 3 is 3.00 bits per heavy atom. The van der Waals surface area contributed by atoms with Crippen molar-refractivity contribution in [1.82, 2.24) is 15.4 Å². The average Bonchev–Trinajstić information content (AvgIpc) is 2.58. The van der Waals surface area contributed by atoms with E-state index < -0.39 is 5.82 Å². The lowest BCUT2D eigenvalue weighted by Gasteiger charge is -2.18. The van der Waals surface area contributed by atoms with Crippen molar-refractivity contribution in [3.8, 4) is 0 Å². The summed E-state index contributed by atoms with van der Waals surface area (Å²) in [5, 5.41) is 2.15. The molecule has 0 amide bonds. The van der Waals surface area contributed by atoms with Gasteiger partial charge in [0.15, 0.2) is 11.0 Å². The first-order valence-corrected chi connectivity index (χ1v) is 6.31. The number of aromatic nitrogens is 1. The highest BCUT2D eigenvalue weighted by Gasteiger charge is 2.19. The van der Waals surface area contributed by atoms with E-state index in [1.807, 2.05) is 7.05 Å². The minimum absolute atomic E-state index is 0.0424. The Balaban J connectivity index is 2.08. The average molecular weight is 258 g/mol. The van der Waals surface area contributed by atoms with Crippen LogP contribution in [0.3, 0.4) is 0 Å². The van der Waals surface area contributed by atoms with Crippen LogP contribution < -0.4 is 5.43 Å². The summed E-state index contributed by atoms with van der Waals surface area (Å²) < 4.78 is 13.4. The molecular formula is C12H17ClFN3. The number of nitrogens with zero attached hydrogens (tertiary/aromatic N) is 2. The lowest BCUT2D eigenvalue weighted by molar-refractivity contribution is 0.216. The molecule has 0 bridgehead atoms. The molecule has 1 N–H and O–H groups in total. The molecule has 0 saturated carbocycles. The topological polar surface area (TPSA) is 28.2 Å². The number of hydrogen-bond donors (Lipinski definition) is 1. The minimum Gasteiger partial charge on any atom is -0.258 e. The van der Waals surface area contributed by atoms with Gasteiger partial charge >= 0.3 is 0 Å². The SMILES string of the molecule is CNN1CCC[C@@H](c2cnc(Cl)c(F)c2)CC1. The molecule has 1 fully saturated rings. The van der Waals surface area contributed by atoms with Crippen molar-refractivity contribution in [3.05, 3.63) is 28.8 Å². The van der Waals surface area contributed by atoms with Crippen LogP contribution in [0.15, 0.2) is 12.3 Å². The summed E-state index contributed by atoms with van der Waals surface area (Å²) in [6.07, 6.45) is 4.89. The predicted molar refractivity (Wildman–Crippen MR) is 66.4 cm³/mol. The number of hydrogen-bond acceptors (Lipinski definition) is 3. The maximum absolute atomic E-state index is 13.4. The fourth-order valence-electron chi connectivity index (χ4n) is 2.31. The largest absolute Gasteiger partial charge is 0.258 e. The van der Waals surface area contributed by atoms with Crippen molar-refractivity contribution in [2.45, 2.75) is 25.2 Å². The number of nitrogens with one attached hydrogen (secondary N) is 1. The molecule has 1 atom stereocenters. The van der Waals surface area contributed by atoms with Crippen LogP contribution in [0.2, 0.25) is 5.15 Å². The van der Waals surface area contributed by atoms with Crippen LogP contribution in [0.1, 0.15) is 30.7 Å². The second-order valence-corrected chi connectivity index (χ2v) is 4.74. The van der Waals surface area contributed by atoms with Crippen LogP contribution in [0, 0.1) is 5.82 Å².